The van der Waals surface area contributed by atoms with Crippen molar-refractivity contribution in [2.75, 3.05) is 6.61 Å². The quantitative estimate of drug-likeness (QED) is 0.622. The molecule has 4 unspecified atom stereocenters. The van der Waals surface area contributed by atoms with Crippen LogP contribution in [0.15, 0.2) is 54.6 Å². The lowest BCUT2D eigenvalue weighted by atomic mass is 9.66. The minimum absolute atomic E-state index is 0.0301. The van der Waals surface area contributed by atoms with Gasteiger partial charge in [-0.2, -0.15) is 0 Å². The van der Waals surface area contributed by atoms with Crippen LogP contribution in [-0.4, -0.2) is 12.6 Å². The van der Waals surface area contributed by atoms with Gasteiger partial charge in [-0.05, 0) is 41.0 Å². The fraction of sp³-hybridized carbons (Fsp3) is 0.350. The fourth-order valence-electron chi connectivity index (χ4n) is 4.96. The standard InChI is InChI=1S/C20H18O2/c21-19-20(17-8-7-16(10-17)18(20)12-22-19)11-13-5-6-14-3-1-2-4-15(14)9-13/h1-9,16-18H,10-12H2. The van der Waals surface area contributed by atoms with Gasteiger partial charge in [-0.3, -0.25) is 4.79 Å². The summed E-state index contributed by atoms with van der Waals surface area (Å²) in [6, 6.07) is 15.0. The molecule has 2 nitrogen and oxygen atoms in total. The van der Waals surface area contributed by atoms with Crippen molar-refractivity contribution in [2.24, 2.45) is 23.2 Å². The summed E-state index contributed by atoms with van der Waals surface area (Å²) in [5.41, 5.74) is 0.950. The van der Waals surface area contributed by atoms with E-state index in [-0.39, 0.29) is 11.4 Å². The van der Waals surface area contributed by atoms with Gasteiger partial charge in [0.15, 0.2) is 0 Å². The molecule has 2 heteroatoms. The fourth-order valence-corrected chi connectivity index (χ4v) is 4.96. The number of esters is 1. The Morgan fingerprint density at radius 3 is 2.86 bits per heavy atom. The number of allylic oxidation sites excluding steroid dienone is 2. The van der Waals surface area contributed by atoms with Gasteiger partial charge in [0, 0.05) is 5.92 Å². The van der Waals surface area contributed by atoms with Crippen molar-refractivity contribution in [3.8, 4) is 0 Å². The Morgan fingerprint density at radius 2 is 1.95 bits per heavy atom. The van der Waals surface area contributed by atoms with Gasteiger partial charge in [-0.25, -0.2) is 0 Å². The predicted molar refractivity (Wildman–Crippen MR) is 85.3 cm³/mol. The Morgan fingerprint density at radius 1 is 1.09 bits per heavy atom. The van der Waals surface area contributed by atoms with Crippen LogP contribution in [0.25, 0.3) is 10.8 Å². The molecule has 2 bridgehead atoms. The zero-order chi connectivity index (χ0) is 14.7. The van der Waals surface area contributed by atoms with E-state index in [0.29, 0.717) is 24.4 Å². The van der Waals surface area contributed by atoms with Crippen LogP contribution in [0, 0.1) is 23.2 Å². The largest absolute Gasteiger partial charge is 0.465 e. The van der Waals surface area contributed by atoms with E-state index >= 15 is 0 Å². The topological polar surface area (TPSA) is 26.3 Å². The lowest BCUT2D eigenvalue weighted by Crippen LogP contribution is -2.39. The number of cyclic esters (lactones) is 1. The van der Waals surface area contributed by atoms with Crippen LogP contribution in [-0.2, 0) is 16.0 Å². The van der Waals surface area contributed by atoms with Crippen molar-refractivity contribution in [2.45, 2.75) is 12.8 Å². The van der Waals surface area contributed by atoms with Crippen LogP contribution in [0.2, 0.25) is 0 Å². The molecule has 0 spiro atoms. The van der Waals surface area contributed by atoms with E-state index in [2.05, 4.69) is 54.6 Å². The van der Waals surface area contributed by atoms with Gasteiger partial charge in [0.1, 0.15) is 0 Å². The van der Waals surface area contributed by atoms with Crippen molar-refractivity contribution in [1.29, 1.82) is 0 Å². The number of carbonyl (C=O) groups excluding carboxylic acids is 1. The number of benzene rings is 2. The van der Waals surface area contributed by atoms with Crippen LogP contribution in [0.3, 0.4) is 0 Å². The second kappa shape index (κ2) is 4.22. The molecule has 3 aliphatic rings. The molecule has 1 heterocycles. The SMILES string of the molecule is O=C1OCC2C3C=CC(C3)C12Cc1ccc2ccccc2c1. The van der Waals surface area contributed by atoms with Crippen LogP contribution in [0.1, 0.15) is 12.0 Å². The first-order valence-electron chi connectivity index (χ1n) is 8.10. The summed E-state index contributed by atoms with van der Waals surface area (Å²) in [6.07, 6.45) is 6.50. The van der Waals surface area contributed by atoms with Gasteiger partial charge in [0.25, 0.3) is 0 Å². The van der Waals surface area contributed by atoms with Gasteiger partial charge < -0.3 is 4.74 Å². The molecule has 1 saturated heterocycles. The van der Waals surface area contributed by atoms with Crippen molar-refractivity contribution in [3.05, 3.63) is 60.2 Å². The number of rotatable bonds is 2. The molecular weight excluding hydrogens is 272 g/mol. The minimum Gasteiger partial charge on any atom is -0.465 e. The molecule has 4 atom stereocenters. The van der Waals surface area contributed by atoms with Gasteiger partial charge >= 0.3 is 5.97 Å². The van der Waals surface area contributed by atoms with Gasteiger partial charge in [-0.1, -0.05) is 54.6 Å². The third-order valence-corrected chi connectivity index (χ3v) is 6.04. The first-order valence-corrected chi connectivity index (χ1v) is 8.10. The molecule has 2 fully saturated rings. The monoisotopic (exact) mass is 290 g/mol. The van der Waals surface area contributed by atoms with E-state index in [4.69, 9.17) is 4.74 Å². The number of carbonyl (C=O) groups is 1. The third-order valence-electron chi connectivity index (χ3n) is 6.04. The molecule has 1 saturated carbocycles. The van der Waals surface area contributed by atoms with E-state index < -0.39 is 0 Å². The zero-order valence-corrected chi connectivity index (χ0v) is 12.4. The summed E-state index contributed by atoms with van der Waals surface area (Å²) in [6.45, 7) is 0.609. The van der Waals surface area contributed by atoms with E-state index in [1.165, 1.54) is 16.3 Å². The van der Waals surface area contributed by atoms with Gasteiger partial charge in [0.05, 0.1) is 12.0 Å². The summed E-state index contributed by atoms with van der Waals surface area (Å²) in [5, 5.41) is 2.50. The summed E-state index contributed by atoms with van der Waals surface area (Å²) in [4.78, 5) is 12.6. The third kappa shape index (κ3) is 1.48. The van der Waals surface area contributed by atoms with Crippen molar-refractivity contribution >= 4 is 16.7 Å². The number of ether oxygens (including phenoxy) is 1. The average molecular weight is 290 g/mol. The Labute approximate surface area is 129 Å². The molecule has 0 N–H and O–H groups in total. The van der Waals surface area contributed by atoms with Crippen LogP contribution in [0.5, 0.6) is 0 Å². The second-order valence-corrected chi connectivity index (χ2v) is 6.99. The number of fused-ring (bicyclic) bond motifs is 6. The molecule has 0 aromatic heterocycles. The molecule has 2 aromatic rings. The highest BCUT2D eigenvalue weighted by molar-refractivity contribution is 5.84. The molecule has 110 valence electrons. The highest BCUT2D eigenvalue weighted by Crippen LogP contribution is 2.60. The van der Waals surface area contributed by atoms with Crippen LogP contribution < -0.4 is 0 Å². The summed E-state index contributed by atoms with van der Waals surface area (Å²) >= 11 is 0. The Balaban J connectivity index is 1.58. The molecule has 0 amide bonds. The first kappa shape index (κ1) is 12.5. The Hall–Kier alpha value is -2.09. The molecule has 0 radical (unpaired) electrons. The lowest BCUT2D eigenvalue weighted by Gasteiger charge is -2.32. The Bertz CT molecular complexity index is 806. The average Bonchev–Trinajstić information content (AvgIpc) is 3.21. The molecule has 1 aliphatic heterocycles. The van der Waals surface area contributed by atoms with Crippen LogP contribution in [0.4, 0.5) is 0 Å². The Kier molecular flexibility index (Phi) is 2.39. The number of hydrogen-bond acceptors (Lipinski definition) is 2. The number of hydrogen-bond donors (Lipinski definition) is 0. The van der Waals surface area contributed by atoms with Gasteiger partial charge in [0.2, 0.25) is 0 Å². The van der Waals surface area contributed by atoms with Crippen molar-refractivity contribution < 1.29 is 9.53 Å². The second-order valence-electron chi connectivity index (χ2n) is 6.99. The highest BCUT2D eigenvalue weighted by atomic mass is 16.5. The molecular formula is C20H18O2. The molecule has 2 aliphatic carbocycles. The smallest absolute Gasteiger partial charge is 0.313 e. The van der Waals surface area contributed by atoms with E-state index in [1.807, 2.05) is 0 Å². The van der Waals surface area contributed by atoms with Crippen LogP contribution >= 0.6 is 0 Å². The summed E-state index contributed by atoms with van der Waals surface area (Å²) in [7, 11) is 0. The van der Waals surface area contributed by atoms with E-state index in [9.17, 15) is 4.79 Å². The van der Waals surface area contributed by atoms with E-state index in [1.54, 1.807) is 0 Å². The molecule has 2 aromatic carbocycles. The van der Waals surface area contributed by atoms with Crippen molar-refractivity contribution in [3.63, 3.8) is 0 Å². The zero-order valence-electron chi connectivity index (χ0n) is 12.4. The first-order chi connectivity index (χ1) is 10.8. The van der Waals surface area contributed by atoms with Gasteiger partial charge in [-0.15, -0.1) is 0 Å². The summed E-state index contributed by atoms with van der Waals surface area (Å²) < 4.78 is 5.48. The maximum absolute atomic E-state index is 12.6. The normalized spacial score (nSPS) is 35.1. The van der Waals surface area contributed by atoms with E-state index in [0.717, 1.165) is 12.8 Å². The molecule has 22 heavy (non-hydrogen) atoms. The minimum atomic E-state index is -0.304. The predicted octanol–water partition coefficient (Wildman–Crippen LogP) is 3.75. The molecule has 5 rings (SSSR count). The highest BCUT2D eigenvalue weighted by Gasteiger charge is 2.64. The maximum atomic E-state index is 12.6. The van der Waals surface area contributed by atoms with Crippen molar-refractivity contribution in [1.82, 2.24) is 0 Å². The maximum Gasteiger partial charge on any atom is 0.313 e. The lowest BCUT2D eigenvalue weighted by molar-refractivity contribution is -0.147. The summed E-state index contributed by atoms with van der Waals surface area (Å²) in [5.74, 6) is 1.31.